The van der Waals surface area contributed by atoms with Crippen molar-refractivity contribution < 1.29 is 9.72 Å². The van der Waals surface area contributed by atoms with Crippen LogP contribution < -0.4 is 5.43 Å². The van der Waals surface area contributed by atoms with Crippen molar-refractivity contribution in [1.29, 1.82) is 0 Å². The van der Waals surface area contributed by atoms with Crippen molar-refractivity contribution in [2.45, 2.75) is 0 Å². The minimum atomic E-state index is -0.538. The first-order chi connectivity index (χ1) is 10.1. The number of carbonyl (C=O) groups is 1. The van der Waals surface area contributed by atoms with Gasteiger partial charge in [0.2, 0.25) is 0 Å². The van der Waals surface area contributed by atoms with Gasteiger partial charge in [-0.15, -0.1) is 11.3 Å². The zero-order chi connectivity index (χ0) is 14.7. The number of nitro groups is 1. The maximum atomic E-state index is 12.5. The Morgan fingerprint density at radius 3 is 2.76 bits per heavy atom. The van der Waals surface area contributed by atoms with E-state index in [2.05, 4.69) is 0 Å². The molecule has 21 heavy (non-hydrogen) atoms. The molecule has 0 spiro atoms. The summed E-state index contributed by atoms with van der Waals surface area (Å²) < 4.78 is 1.85. The van der Waals surface area contributed by atoms with Gasteiger partial charge in [0.15, 0.2) is 5.43 Å². The van der Waals surface area contributed by atoms with Crippen molar-refractivity contribution in [3.63, 3.8) is 0 Å². The summed E-state index contributed by atoms with van der Waals surface area (Å²) in [5.74, 6) is -0.341. The summed E-state index contributed by atoms with van der Waals surface area (Å²) in [6, 6.07) is 7.34. The molecule has 3 aromatic rings. The van der Waals surface area contributed by atoms with Crippen LogP contribution in [-0.4, -0.2) is 15.4 Å². The average Bonchev–Trinajstić information content (AvgIpc) is 3.04. The first kappa shape index (κ1) is 12.0. The van der Waals surface area contributed by atoms with Gasteiger partial charge in [-0.3, -0.25) is 24.3 Å². The van der Waals surface area contributed by atoms with Crippen molar-refractivity contribution in [2.24, 2.45) is 0 Å². The molecule has 0 fully saturated rings. The summed E-state index contributed by atoms with van der Waals surface area (Å²) in [5, 5.41) is 12.9. The number of carbonyl (C=O) groups excluding carboxylic acids is 1. The fourth-order valence-corrected chi connectivity index (χ4v) is 3.50. The lowest BCUT2D eigenvalue weighted by molar-refractivity contribution is -0.384. The van der Waals surface area contributed by atoms with E-state index in [1.165, 1.54) is 34.1 Å². The summed E-state index contributed by atoms with van der Waals surface area (Å²) >= 11 is 1.25. The van der Waals surface area contributed by atoms with Crippen LogP contribution in [0.25, 0.3) is 21.5 Å². The SMILES string of the molecule is O=C1c2cccc([N+](=O)[O-])c2-c2cc(=O)c3sccc3n21. The molecule has 102 valence electrons. The first-order valence-corrected chi connectivity index (χ1v) is 6.93. The van der Waals surface area contributed by atoms with Crippen molar-refractivity contribution in [1.82, 2.24) is 4.57 Å². The molecule has 7 heteroatoms. The molecular weight excluding hydrogens is 292 g/mol. The summed E-state index contributed by atoms with van der Waals surface area (Å²) in [6.45, 7) is 0. The van der Waals surface area contributed by atoms with E-state index in [-0.39, 0.29) is 28.2 Å². The normalized spacial score (nSPS) is 12.5. The zero-order valence-electron chi connectivity index (χ0n) is 10.4. The maximum absolute atomic E-state index is 12.5. The van der Waals surface area contributed by atoms with Gasteiger partial charge in [-0.05, 0) is 17.5 Å². The van der Waals surface area contributed by atoms with E-state index in [0.717, 1.165) is 0 Å². The molecule has 0 radical (unpaired) electrons. The van der Waals surface area contributed by atoms with E-state index in [9.17, 15) is 19.7 Å². The van der Waals surface area contributed by atoms with E-state index in [1.54, 1.807) is 17.5 Å². The Balaban J connectivity index is 2.23. The van der Waals surface area contributed by atoms with Gasteiger partial charge in [-0.2, -0.15) is 0 Å². The second-order valence-corrected chi connectivity index (χ2v) is 5.54. The Morgan fingerprint density at radius 1 is 1.19 bits per heavy atom. The number of pyridine rings is 1. The van der Waals surface area contributed by atoms with Crippen LogP contribution in [0.5, 0.6) is 0 Å². The topological polar surface area (TPSA) is 82.2 Å². The highest BCUT2D eigenvalue weighted by Crippen LogP contribution is 2.40. The monoisotopic (exact) mass is 298 g/mol. The zero-order valence-corrected chi connectivity index (χ0v) is 11.2. The summed E-state index contributed by atoms with van der Waals surface area (Å²) in [5.41, 5.74) is 0.863. The molecule has 0 saturated carbocycles. The summed E-state index contributed by atoms with van der Waals surface area (Å²) in [7, 11) is 0. The lowest BCUT2D eigenvalue weighted by Gasteiger charge is -2.03. The van der Waals surface area contributed by atoms with Crippen molar-refractivity contribution in [2.75, 3.05) is 0 Å². The van der Waals surface area contributed by atoms with Gasteiger partial charge in [0, 0.05) is 12.1 Å². The average molecular weight is 298 g/mol. The Labute approximate surface area is 121 Å². The van der Waals surface area contributed by atoms with E-state index < -0.39 is 4.92 Å². The number of hydrogen-bond donors (Lipinski definition) is 0. The molecule has 0 unspecified atom stereocenters. The number of benzene rings is 1. The quantitative estimate of drug-likeness (QED) is 0.399. The molecule has 1 aromatic carbocycles. The third-order valence-corrected chi connectivity index (χ3v) is 4.46. The molecule has 0 amide bonds. The van der Waals surface area contributed by atoms with Gasteiger partial charge >= 0.3 is 0 Å². The maximum Gasteiger partial charge on any atom is 0.279 e. The lowest BCUT2D eigenvalue weighted by Crippen LogP contribution is -2.11. The number of thiophene rings is 1. The number of fused-ring (bicyclic) bond motifs is 5. The largest absolute Gasteiger partial charge is 0.288 e. The molecule has 0 N–H and O–H groups in total. The van der Waals surface area contributed by atoms with E-state index in [4.69, 9.17) is 0 Å². The molecule has 0 saturated heterocycles. The smallest absolute Gasteiger partial charge is 0.279 e. The number of aromatic nitrogens is 1. The Kier molecular flexibility index (Phi) is 2.20. The summed E-state index contributed by atoms with van der Waals surface area (Å²) in [4.78, 5) is 35.3. The number of nitro benzene ring substituents is 1. The fourth-order valence-electron chi connectivity index (χ4n) is 2.71. The highest BCUT2D eigenvalue weighted by molar-refractivity contribution is 7.17. The van der Waals surface area contributed by atoms with Gasteiger partial charge in [0.25, 0.3) is 11.6 Å². The van der Waals surface area contributed by atoms with Gasteiger partial charge in [0.05, 0.1) is 32.0 Å². The molecule has 2 aromatic heterocycles. The molecule has 6 nitrogen and oxygen atoms in total. The minimum absolute atomic E-state index is 0.166. The van der Waals surface area contributed by atoms with E-state index in [0.29, 0.717) is 15.9 Å². The van der Waals surface area contributed by atoms with Gasteiger partial charge in [0.1, 0.15) is 0 Å². The second-order valence-electron chi connectivity index (χ2n) is 4.63. The van der Waals surface area contributed by atoms with Crippen molar-refractivity contribution in [3.8, 4) is 11.3 Å². The predicted octanol–water partition coefficient (Wildman–Crippen LogP) is 2.64. The third kappa shape index (κ3) is 1.40. The van der Waals surface area contributed by atoms with Crippen LogP contribution in [0, 0.1) is 10.1 Å². The molecule has 3 heterocycles. The fraction of sp³-hybridized carbons (Fsp3) is 0. The van der Waals surface area contributed by atoms with Gasteiger partial charge in [-0.25, -0.2) is 0 Å². The molecule has 0 bridgehead atoms. The van der Waals surface area contributed by atoms with Crippen molar-refractivity contribution >= 4 is 33.1 Å². The Hall–Kier alpha value is -2.80. The van der Waals surface area contributed by atoms with Crippen LogP contribution in [0.15, 0.2) is 40.5 Å². The molecule has 0 aliphatic carbocycles. The first-order valence-electron chi connectivity index (χ1n) is 6.05. The minimum Gasteiger partial charge on any atom is -0.288 e. The lowest BCUT2D eigenvalue weighted by atomic mass is 10.0. The Morgan fingerprint density at radius 2 is 2.00 bits per heavy atom. The molecule has 4 rings (SSSR count). The van der Waals surface area contributed by atoms with E-state index >= 15 is 0 Å². The van der Waals surface area contributed by atoms with Crippen LogP contribution >= 0.6 is 11.3 Å². The second kappa shape index (κ2) is 3.86. The number of rotatable bonds is 1. The van der Waals surface area contributed by atoms with Gasteiger partial charge in [-0.1, -0.05) is 6.07 Å². The molecule has 1 aliphatic rings. The molecule has 0 atom stereocenters. The third-order valence-electron chi connectivity index (χ3n) is 3.55. The van der Waals surface area contributed by atoms with E-state index in [1.807, 2.05) is 0 Å². The highest BCUT2D eigenvalue weighted by atomic mass is 32.1. The van der Waals surface area contributed by atoms with Crippen molar-refractivity contribution in [3.05, 3.63) is 61.6 Å². The van der Waals surface area contributed by atoms with Crippen LogP contribution in [0.1, 0.15) is 10.4 Å². The van der Waals surface area contributed by atoms with Crippen LogP contribution in [0.2, 0.25) is 0 Å². The van der Waals surface area contributed by atoms with Gasteiger partial charge < -0.3 is 0 Å². The number of nitrogens with zero attached hydrogens (tertiary/aromatic N) is 2. The van der Waals surface area contributed by atoms with Crippen LogP contribution in [-0.2, 0) is 0 Å². The predicted molar refractivity (Wildman–Crippen MR) is 77.9 cm³/mol. The van der Waals surface area contributed by atoms with Crippen LogP contribution in [0.3, 0.4) is 0 Å². The highest BCUT2D eigenvalue weighted by Gasteiger charge is 2.34. The summed E-state index contributed by atoms with van der Waals surface area (Å²) in [6.07, 6.45) is 0. The Bertz CT molecular complexity index is 1020. The number of hydrogen-bond acceptors (Lipinski definition) is 5. The molecule has 1 aliphatic heterocycles. The van der Waals surface area contributed by atoms with Crippen LogP contribution in [0.4, 0.5) is 5.69 Å². The molecular formula is C14H6N2O4S. The standard InChI is InChI=1S/C14H6N2O4S/c17-11-6-10-12-7(2-1-3-8(12)16(19)20)14(18)15(10)9-4-5-21-13(9)11/h1-6H.